The quantitative estimate of drug-likeness (QED) is 0.608. The molecule has 0 saturated heterocycles. The number of imidazole rings is 1. The monoisotopic (exact) mass is 404 g/mol. The Labute approximate surface area is 163 Å². The van der Waals surface area contributed by atoms with E-state index in [4.69, 9.17) is 9.92 Å². The van der Waals surface area contributed by atoms with Crippen molar-refractivity contribution in [3.05, 3.63) is 71.7 Å². The van der Waals surface area contributed by atoms with Crippen LogP contribution in [0, 0.1) is 5.82 Å². The van der Waals surface area contributed by atoms with Gasteiger partial charge in [0.25, 0.3) is 0 Å². The van der Waals surface area contributed by atoms with E-state index in [-0.39, 0.29) is 29.8 Å². The molecule has 0 aliphatic heterocycles. The summed E-state index contributed by atoms with van der Waals surface area (Å²) in [5, 5.41) is -0.0796. The number of hydrogen-bond acceptors (Lipinski definition) is 6. The fourth-order valence-corrected chi connectivity index (χ4v) is 4.23. The van der Waals surface area contributed by atoms with Crippen molar-refractivity contribution < 1.29 is 17.0 Å². The van der Waals surface area contributed by atoms with Crippen molar-refractivity contribution in [3.8, 4) is 5.75 Å². The molecule has 9 heteroatoms. The minimum Gasteiger partial charge on any atom is -0.378 e. The third-order valence-electron chi connectivity index (χ3n) is 4.08. The van der Waals surface area contributed by atoms with Gasteiger partial charge in [-0.25, -0.2) is 9.37 Å². The molecule has 0 atom stereocenters. The first-order valence-corrected chi connectivity index (χ1v) is 10.1. The normalized spacial score (nSPS) is 11.8. The van der Waals surface area contributed by atoms with Gasteiger partial charge in [-0.05, 0) is 35.7 Å². The summed E-state index contributed by atoms with van der Waals surface area (Å²) in [6, 6.07) is 8.53. The van der Waals surface area contributed by atoms with E-state index in [0.717, 1.165) is 11.6 Å². The molecule has 1 aromatic carbocycles. The lowest BCUT2D eigenvalue weighted by molar-refractivity contribution is 0.469. The van der Waals surface area contributed by atoms with Crippen LogP contribution in [0.4, 0.5) is 4.39 Å². The summed E-state index contributed by atoms with van der Waals surface area (Å²) < 4.78 is 46.4. The minimum atomic E-state index is -4.28. The fraction of sp³-hybridized carbons (Fsp3) is 0.263. The second kappa shape index (κ2) is 8.07. The van der Waals surface area contributed by atoms with Crippen molar-refractivity contribution in [2.24, 2.45) is 5.73 Å². The Morgan fingerprint density at radius 2 is 1.93 bits per heavy atom. The van der Waals surface area contributed by atoms with Gasteiger partial charge in [0.1, 0.15) is 17.4 Å². The Hall–Kier alpha value is -2.78. The molecule has 0 saturated carbocycles. The number of nitrogens with zero attached hydrogens (tertiary/aromatic N) is 3. The number of pyridine rings is 1. The lowest BCUT2D eigenvalue weighted by Crippen LogP contribution is -2.19. The zero-order chi connectivity index (χ0) is 20.3. The topological polar surface area (TPSA) is 100 Å². The summed E-state index contributed by atoms with van der Waals surface area (Å²) in [6.07, 6.45) is 3.24. The number of benzene rings is 1. The van der Waals surface area contributed by atoms with E-state index in [9.17, 15) is 12.8 Å². The van der Waals surface area contributed by atoms with Gasteiger partial charge < -0.3 is 14.5 Å². The molecule has 0 fully saturated rings. The first-order chi connectivity index (χ1) is 13.3. The highest BCUT2D eigenvalue weighted by atomic mass is 32.2. The Kier molecular flexibility index (Phi) is 5.76. The maximum absolute atomic E-state index is 13.5. The van der Waals surface area contributed by atoms with Gasteiger partial charge in [0.2, 0.25) is 0 Å². The van der Waals surface area contributed by atoms with E-state index in [1.165, 1.54) is 22.8 Å². The Morgan fingerprint density at radius 3 is 2.54 bits per heavy atom. The van der Waals surface area contributed by atoms with Crippen LogP contribution >= 0.6 is 0 Å². The van der Waals surface area contributed by atoms with Crippen molar-refractivity contribution in [1.82, 2.24) is 14.5 Å². The number of aromatic nitrogens is 3. The summed E-state index contributed by atoms with van der Waals surface area (Å²) in [7, 11) is -4.28. The summed E-state index contributed by atoms with van der Waals surface area (Å²) >= 11 is 0. The smallest absolute Gasteiger partial charge is 0.357 e. The van der Waals surface area contributed by atoms with E-state index in [1.54, 1.807) is 24.5 Å². The van der Waals surface area contributed by atoms with Crippen LogP contribution in [-0.4, -0.2) is 23.0 Å². The highest BCUT2D eigenvalue weighted by molar-refractivity contribution is 7.87. The molecule has 2 heterocycles. The van der Waals surface area contributed by atoms with Crippen LogP contribution in [-0.2, 0) is 23.2 Å². The molecule has 2 aromatic heterocycles. The van der Waals surface area contributed by atoms with Gasteiger partial charge in [0.15, 0.2) is 5.03 Å². The molecule has 2 N–H and O–H groups in total. The van der Waals surface area contributed by atoms with Crippen molar-refractivity contribution in [2.75, 3.05) is 0 Å². The number of nitrogens with two attached hydrogens (primary N) is 1. The van der Waals surface area contributed by atoms with Crippen LogP contribution in [0.2, 0.25) is 0 Å². The second-order valence-electron chi connectivity index (χ2n) is 6.51. The number of hydrogen-bond donors (Lipinski definition) is 1. The van der Waals surface area contributed by atoms with Crippen molar-refractivity contribution >= 4 is 10.1 Å². The Balaban J connectivity index is 2.12. The molecule has 0 amide bonds. The lowest BCUT2D eigenvalue weighted by atomic mass is 10.1. The van der Waals surface area contributed by atoms with Gasteiger partial charge >= 0.3 is 10.1 Å². The standard InChI is InChI=1S/C19H21FN4O3S/c1-13(2)18-19(28(25,26)27-16-5-3-4-15(20)10-16)24(17(11-21)23-18)12-14-6-8-22-9-7-14/h3-10,13H,11-12,21H2,1-2H3. The third-order valence-corrected chi connectivity index (χ3v) is 5.40. The van der Waals surface area contributed by atoms with Crippen LogP contribution in [0.5, 0.6) is 5.75 Å². The van der Waals surface area contributed by atoms with E-state index >= 15 is 0 Å². The van der Waals surface area contributed by atoms with Crippen molar-refractivity contribution in [1.29, 1.82) is 0 Å². The van der Waals surface area contributed by atoms with Gasteiger partial charge in [-0.3, -0.25) is 4.98 Å². The summed E-state index contributed by atoms with van der Waals surface area (Å²) in [4.78, 5) is 8.41. The van der Waals surface area contributed by atoms with Gasteiger partial charge in [0.05, 0.1) is 18.8 Å². The zero-order valence-corrected chi connectivity index (χ0v) is 16.4. The molecule has 3 aromatic rings. The third kappa shape index (κ3) is 4.20. The average Bonchev–Trinajstić information content (AvgIpc) is 3.02. The van der Waals surface area contributed by atoms with Gasteiger partial charge in [0, 0.05) is 18.5 Å². The summed E-state index contributed by atoms with van der Waals surface area (Å²) in [5.74, 6) is -0.475. The maximum atomic E-state index is 13.5. The molecule has 148 valence electrons. The Bertz CT molecular complexity index is 1070. The van der Waals surface area contributed by atoms with E-state index in [0.29, 0.717) is 11.5 Å². The van der Waals surface area contributed by atoms with E-state index in [2.05, 4.69) is 9.97 Å². The number of rotatable bonds is 7. The molecule has 0 aliphatic carbocycles. The van der Waals surface area contributed by atoms with Gasteiger partial charge in [-0.15, -0.1) is 0 Å². The molecule has 0 radical (unpaired) electrons. The van der Waals surface area contributed by atoms with Crippen LogP contribution in [0.3, 0.4) is 0 Å². The van der Waals surface area contributed by atoms with Crippen LogP contribution in [0.25, 0.3) is 0 Å². The molecule has 0 aliphatic rings. The second-order valence-corrected chi connectivity index (χ2v) is 7.98. The molecule has 3 rings (SSSR count). The van der Waals surface area contributed by atoms with Crippen LogP contribution in [0.15, 0.2) is 53.8 Å². The highest BCUT2D eigenvalue weighted by Gasteiger charge is 2.31. The van der Waals surface area contributed by atoms with Crippen molar-refractivity contribution in [2.45, 2.75) is 37.9 Å². The zero-order valence-electron chi connectivity index (χ0n) is 15.5. The molecule has 28 heavy (non-hydrogen) atoms. The average molecular weight is 404 g/mol. The van der Waals surface area contributed by atoms with E-state index in [1.807, 2.05) is 13.8 Å². The van der Waals surface area contributed by atoms with Gasteiger partial charge in [-0.1, -0.05) is 19.9 Å². The van der Waals surface area contributed by atoms with Crippen LogP contribution < -0.4 is 9.92 Å². The molecular weight excluding hydrogens is 383 g/mol. The predicted molar refractivity (Wildman–Crippen MR) is 102 cm³/mol. The SMILES string of the molecule is CC(C)c1nc(CN)n(Cc2ccncc2)c1S(=O)(=O)Oc1cccc(F)c1. The minimum absolute atomic E-state index is 0.0558. The summed E-state index contributed by atoms with van der Waals surface area (Å²) in [5.41, 5.74) is 7.01. The fourth-order valence-electron chi connectivity index (χ4n) is 2.82. The Morgan fingerprint density at radius 1 is 1.21 bits per heavy atom. The maximum Gasteiger partial charge on any atom is 0.357 e. The predicted octanol–water partition coefficient (Wildman–Crippen LogP) is 2.82. The van der Waals surface area contributed by atoms with Gasteiger partial charge in [-0.2, -0.15) is 8.42 Å². The summed E-state index contributed by atoms with van der Waals surface area (Å²) in [6.45, 7) is 3.96. The first-order valence-electron chi connectivity index (χ1n) is 8.70. The van der Waals surface area contributed by atoms with Crippen molar-refractivity contribution in [3.63, 3.8) is 0 Å². The molecule has 0 spiro atoms. The molecule has 0 unspecified atom stereocenters. The molecular formula is C19H21FN4O3S. The molecule has 7 nitrogen and oxygen atoms in total. The highest BCUT2D eigenvalue weighted by Crippen LogP contribution is 2.28. The van der Waals surface area contributed by atoms with Crippen LogP contribution in [0.1, 0.15) is 36.8 Å². The van der Waals surface area contributed by atoms with E-state index < -0.39 is 15.9 Å². The number of halogens is 1. The largest absolute Gasteiger partial charge is 0.378 e. The first kappa shape index (κ1) is 20.0. The molecule has 0 bridgehead atoms. The lowest BCUT2D eigenvalue weighted by Gasteiger charge is -2.14.